The molecule has 0 saturated heterocycles. The lowest BCUT2D eigenvalue weighted by Crippen LogP contribution is -2.14. The van der Waals surface area contributed by atoms with E-state index in [1.54, 1.807) is 17.8 Å². The maximum absolute atomic E-state index is 15.8. The Morgan fingerprint density at radius 2 is 2.04 bits per heavy atom. The largest absolute Gasteiger partial charge is 0.398 e. The van der Waals surface area contributed by atoms with Crippen molar-refractivity contribution >= 4 is 23.7 Å². The third kappa shape index (κ3) is 4.39. The number of halogens is 1. The summed E-state index contributed by atoms with van der Waals surface area (Å²) in [6, 6.07) is 12.2. The van der Waals surface area contributed by atoms with Crippen LogP contribution in [0.25, 0.3) is 5.70 Å². The maximum atomic E-state index is 15.8. The third-order valence-corrected chi connectivity index (χ3v) is 6.14. The summed E-state index contributed by atoms with van der Waals surface area (Å²) in [6.45, 7) is 5.49. The van der Waals surface area contributed by atoms with Gasteiger partial charge in [-0.1, -0.05) is 43.3 Å². The van der Waals surface area contributed by atoms with Crippen LogP contribution < -0.4 is 5.73 Å². The number of rotatable bonds is 7. The number of aliphatic imine (C=N–C) groups is 1. The van der Waals surface area contributed by atoms with Gasteiger partial charge >= 0.3 is 0 Å². The van der Waals surface area contributed by atoms with E-state index in [0.29, 0.717) is 29.3 Å². The highest BCUT2D eigenvalue weighted by Crippen LogP contribution is 2.41. The molecule has 1 saturated carbocycles. The summed E-state index contributed by atoms with van der Waals surface area (Å²) in [6.07, 6.45) is 9.42. The van der Waals surface area contributed by atoms with E-state index in [2.05, 4.69) is 36.0 Å². The van der Waals surface area contributed by atoms with Crippen molar-refractivity contribution in [1.82, 2.24) is 0 Å². The van der Waals surface area contributed by atoms with Crippen LogP contribution in [0.4, 0.5) is 4.39 Å². The zero-order valence-electron chi connectivity index (χ0n) is 16.5. The van der Waals surface area contributed by atoms with Crippen LogP contribution in [0, 0.1) is 5.82 Å². The first-order valence-electron chi connectivity index (χ1n) is 9.63. The molecule has 0 atom stereocenters. The van der Waals surface area contributed by atoms with Crippen LogP contribution in [-0.4, -0.2) is 12.5 Å². The van der Waals surface area contributed by atoms with E-state index < -0.39 is 0 Å². The minimum Gasteiger partial charge on any atom is -0.398 e. The van der Waals surface area contributed by atoms with E-state index in [-0.39, 0.29) is 5.82 Å². The first kappa shape index (κ1) is 20.4. The number of allylic oxidation sites excluding steroid dienone is 2. The smallest absolute Gasteiger partial charge is 0.136 e. The molecule has 0 amide bonds. The van der Waals surface area contributed by atoms with Crippen LogP contribution in [0.3, 0.4) is 0 Å². The van der Waals surface area contributed by atoms with Crippen molar-refractivity contribution in [3.8, 4) is 0 Å². The molecule has 0 aromatic heterocycles. The van der Waals surface area contributed by atoms with Gasteiger partial charge in [-0.25, -0.2) is 4.39 Å². The number of hydrogen-bond donors (Lipinski definition) is 1. The van der Waals surface area contributed by atoms with Gasteiger partial charge < -0.3 is 5.73 Å². The lowest BCUT2D eigenvalue weighted by atomic mass is 9.76. The van der Waals surface area contributed by atoms with Crippen molar-refractivity contribution in [2.45, 2.75) is 43.4 Å². The van der Waals surface area contributed by atoms with E-state index in [0.717, 1.165) is 29.5 Å². The molecule has 1 fully saturated rings. The van der Waals surface area contributed by atoms with Gasteiger partial charge in [0.15, 0.2) is 0 Å². The van der Waals surface area contributed by atoms with Crippen molar-refractivity contribution in [2.24, 2.45) is 10.7 Å². The Morgan fingerprint density at radius 1 is 1.29 bits per heavy atom. The molecule has 0 unspecified atom stereocenters. The van der Waals surface area contributed by atoms with Crippen LogP contribution in [0.2, 0.25) is 0 Å². The summed E-state index contributed by atoms with van der Waals surface area (Å²) < 4.78 is 15.8. The molecule has 1 aliphatic carbocycles. The van der Waals surface area contributed by atoms with Crippen LogP contribution in [0.15, 0.2) is 64.6 Å². The zero-order chi connectivity index (χ0) is 20.1. The number of nitrogens with two attached hydrogens (primary N) is 1. The molecule has 2 aromatic rings. The molecule has 2 N–H and O–H groups in total. The van der Waals surface area contributed by atoms with E-state index >= 15 is 4.39 Å². The molecule has 0 radical (unpaired) electrons. The fourth-order valence-electron chi connectivity index (χ4n) is 3.61. The second-order valence-electron chi connectivity index (χ2n) is 7.12. The number of hydrogen-bond acceptors (Lipinski definition) is 3. The summed E-state index contributed by atoms with van der Waals surface area (Å²) in [5.41, 5.74) is 10.1. The number of benzene rings is 2. The SMILES string of the molecule is C=C(N)C=N/C(=C\C)c1ccc(C2CCC2)c(Cc2ccccc2SC)c1F. The predicted octanol–water partition coefficient (Wildman–Crippen LogP) is 6.31. The van der Waals surface area contributed by atoms with Crippen LogP contribution >= 0.6 is 11.8 Å². The van der Waals surface area contributed by atoms with Gasteiger partial charge in [-0.2, -0.15) is 0 Å². The van der Waals surface area contributed by atoms with Crippen LogP contribution in [-0.2, 0) is 6.42 Å². The predicted molar refractivity (Wildman–Crippen MR) is 119 cm³/mol. The first-order chi connectivity index (χ1) is 13.5. The molecule has 28 heavy (non-hydrogen) atoms. The van der Waals surface area contributed by atoms with Crippen molar-refractivity contribution < 1.29 is 4.39 Å². The Bertz CT molecular complexity index is 926. The summed E-state index contributed by atoms with van der Waals surface area (Å²) in [5.74, 6) is 0.287. The Kier molecular flexibility index (Phi) is 6.74. The molecule has 2 nitrogen and oxygen atoms in total. The third-order valence-electron chi connectivity index (χ3n) is 5.30. The fraction of sp³-hybridized carbons (Fsp3) is 0.292. The summed E-state index contributed by atoms with van der Waals surface area (Å²) >= 11 is 1.70. The Labute approximate surface area is 171 Å². The Hall–Kier alpha value is -2.33. The van der Waals surface area contributed by atoms with Gasteiger partial charge in [-0.05, 0) is 60.8 Å². The number of thioether (sulfide) groups is 1. The van der Waals surface area contributed by atoms with Gasteiger partial charge in [0, 0.05) is 28.8 Å². The van der Waals surface area contributed by atoms with Gasteiger partial charge in [0.25, 0.3) is 0 Å². The first-order valence-corrected chi connectivity index (χ1v) is 10.9. The molecule has 146 valence electrons. The highest BCUT2D eigenvalue weighted by molar-refractivity contribution is 7.98. The van der Waals surface area contributed by atoms with Gasteiger partial charge in [0.05, 0.1) is 5.70 Å². The van der Waals surface area contributed by atoms with Gasteiger partial charge in [-0.3, -0.25) is 4.99 Å². The Balaban J connectivity index is 2.08. The molecule has 0 bridgehead atoms. The highest BCUT2D eigenvalue weighted by Gasteiger charge is 2.26. The minimum atomic E-state index is -0.173. The van der Waals surface area contributed by atoms with E-state index in [9.17, 15) is 0 Å². The second-order valence-corrected chi connectivity index (χ2v) is 7.97. The van der Waals surface area contributed by atoms with Crippen molar-refractivity contribution in [3.63, 3.8) is 0 Å². The highest BCUT2D eigenvalue weighted by atomic mass is 32.2. The molecular weight excluding hydrogens is 367 g/mol. The summed E-state index contributed by atoms with van der Waals surface area (Å²) in [7, 11) is 0. The topological polar surface area (TPSA) is 38.4 Å². The molecule has 0 aliphatic heterocycles. The average molecular weight is 395 g/mol. The van der Waals surface area contributed by atoms with E-state index in [1.165, 1.54) is 17.5 Å². The van der Waals surface area contributed by atoms with Crippen LogP contribution in [0.1, 0.15) is 54.4 Å². The van der Waals surface area contributed by atoms with E-state index in [4.69, 9.17) is 5.73 Å². The van der Waals surface area contributed by atoms with Crippen LogP contribution in [0.5, 0.6) is 0 Å². The quantitative estimate of drug-likeness (QED) is 0.441. The second kappa shape index (κ2) is 9.24. The van der Waals surface area contributed by atoms with Gasteiger partial charge in [0.2, 0.25) is 0 Å². The van der Waals surface area contributed by atoms with Crippen molar-refractivity contribution in [2.75, 3.05) is 6.26 Å². The van der Waals surface area contributed by atoms with Gasteiger partial charge in [-0.15, -0.1) is 11.8 Å². The Morgan fingerprint density at radius 3 is 2.64 bits per heavy atom. The molecule has 0 heterocycles. The lowest BCUT2D eigenvalue weighted by Gasteiger charge is -2.29. The minimum absolute atomic E-state index is 0.173. The van der Waals surface area contributed by atoms with Crippen molar-refractivity contribution in [3.05, 3.63) is 82.8 Å². The molecule has 3 rings (SSSR count). The van der Waals surface area contributed by atoms with Crippen molar-refractivity contribution in [1.29, 1.82) is 0 Å². The molecule has 1 aliphatic rings. The van der Waals surface area contributed by atoms with Gasteiger partial charge in [0.1, 0.15) is 5.82 Å². The summed E-state index contributed by atoms with van der Waals surface area (Å²) in [5, 5.41) is 0. The fourth-order valence-corrected chi connectivity index (χ4v) is 4.22. The molecule has 2 aromatic carbocycles. The zero-order valence-corrected chi connectivity index (χ0v) is 17.4. The average Bonchev–Trinajstić information content (AvgIpc) is 2.65. The lowest BCUT2D eigenvalue weighted by molar-refractivity contribution is 0.415. The molecule has 4 heteroatoms. The normalized spacial score (nSPS) is 15.0. The number of nitrogens with zero attached hydrogens (tertiary/aromatic N) is 1. The van der Waals surface area contributed by atoms with E-state index in [1.807, 2.05) is 25.1 Å². The molecule has 0 spiro atoms. The summed E-state index contributed by atoms with van der Waals surface area (Å²) in [4.78, 5) is 5.52. The molecular formula is C24H27FN2S. The standard InChI is InChI=1S/C24H27FN2S/c1-4-22(27-15-16(2)26)20-13-12-19(17-9-7-10-17)21(24(20)25)14-18-8-5-6-11-23(18)28-3/h4-6,8,11-13,15,17H,2,7,9-10,14,26H2,1,3H3/b22-4-,27-15?. The monoisotopic (exact) mass is 394 g/mol. The maximum Gasteiger partial charge on any atom is 0.136 e.